The van der Waals surface area contributed by atoms with Gasteiger partial charge in [-0.3, -0.25) is 14.1 Å². The average molecular weight is 709 g/mol. The summed E-state index contributed by atoms with van der Waals surface area (Å²) in [5, 5.41) is 9.95. The van der Waals surface area contributed by atoms with E-state index in [4.69, 9.17) is 19.3 Å². The first kappa shape index (κ1) is 46.5. The van der Waals surface area contributed by atoms with Crippen LogP contribution in [0.25, 0.3) is 0 Å². The van der Waals surface area contributed by atoms with Gasteiger partial charge in [-0.05, 0) is 44.9 Å². The van der Waals surface area contributed by atoms with Gasteiger partial charge < -0.3 is 24.4 Å². The number of allylic oxidation sites excluding steroid dienone is 10. The van der Waals surface area contributed by atoms with Crippen LogP contribution in [-0.2, 0) is 28.2 Å². The molecule has 1 unspecified atom stereocenters. The van der Waals surface area contributed by atoms with Gasteiger partial charge in [0.15, 0.2) is 6.10 Å². The van der Waals surface area contributed by atoms with Crippen LogP contribution in [0.1, 0.15) is 136 Å². The molecule has 10 heteroatoms. The minimum Gasteiger partial charge on any atom is -0.462 e. The van der Waals surface area contributed by atoms with Gasteiger partial charge in [-0.2, -0.15) is 0 Å². The van der Waals surface area contributed by atoms with Crippen molar-refractivity contribution in [3.05, 3.63) is 72.9 Å². The third-order valence-electron chi connectivity index (χ3n) is 7.33. The Morgan fingerprint density at radius 1 is 0.653 bits per heavy atom. The van der Waals surface area contributed by atoms with Crippen molar-refractivity contribution in [1.82, 2.24) is 0 Å². The van der Waals surface area contributed by atoms with Crippen LogP contribution in [0.5, 0.6) is 0 Å². The molecule has 0 saturated heterocycles. The van der Waals surface area contributed by atoms with E-state index in [1.807, 2.05) is 48.6 Å². The van der Waals surface area contributed by atoms with Gasteiger partial charge in [0.1, 0.15) is 6.61 Å². The SMILES string of the molecule is CC/C=C\C/C=C\CC(O)/C=C/C=C\C/C=C\C/C=C\CCC(=O)OC[C@H](COP(=O)(O)O)OC(=O)CCCCCCCCCCCCC. The molecule has 0 aromatic rings. The van der Waals surface area contributed by atoms with Gasteiger partial charge in [-0.25, -0.2) is 4.57 Å². The Morgan fingerprint density at radius 3 is 1.86 bits per heavy atom. The number of aliphatic hydroxyl groups excluding tert-OH is 1. The van der Waals surface area contributed by atoms with E-state index in [1.165, 1.54) is 44.9 Å². The van der Waals surface area contributed by atoms with Crippen molar-refractivity contribution in [2.75, 3.05) is 13.2 Å². The van der Waals surface area contributed by atoms with E-state index in [0.717, 1.165) is 38.5 Å². The third kappa shape index (κ3) is 36.6. The van der Waals surface area contributed by atoms with Gasteiger partial charge in [-0.15, -0.1) is 0 Å². The first-order chi connectivity index (χ1) is 23.7. The number of ether oxygens (including phenoxy) is 2. The summed E-state index contributed by atoms with van der Waals surface area (Å²) in [6.45, 7) is 3.40. The Hall–Kier alpha value is -2.55. The summed E-state index contributed by atoms with van der Waals surface area (Å²) in [6.07, 6.45) is 39.5. The van der Waals surface area contributed by atoms with Crippen LogP contribution in [0.15, 0.2) is 72.9 Å². The monoisotopic (exact) mass is 708 g/mol. The lowest BCUT2D eigenvalue weighted by atomic mass is 10.1. The molecule has 280 valence electrons. The molecule has 49 heavy (non-hydrogen) atoms. The molecule has 0 heterocycles. The quantitative estimate of drug-likeness (QED) is 0.0205. The Kier molecular flexibility index (Phi) is 32.2. The number of aliphatic hydroxyl groups is 1. The summed E-state index contributed by atoms with van der Waals surface area (Å²) < 4.78 is 26.2. The van der Waals surface area contributed by atoms with Gasteiger partial charge in [0.25, 0.3) is 0 Å². The number of phosphoric acid groups is 1. The molecule has 3 N–H and O–H groups in total. The van der Waals surface area contributed by atoms with Crippen molar-refractivity contribution in [1.29, 1.82) is 0 Å². The van der Waals surface area contributed by atoms with E-state index in [2.05, 4.69) is 36.6 Å². The van der Waals surface area contributed by atoms with E-state index in [0.29, 0.717) is 25.7 Å². The van der Waals surface area contributed by atoms with Crippen LogP contribution in [-0.4, -0.2) is 52.3 Å². The maximum Gasteiger partial charge on any atom is 0.469 e. The number of carbonyl (C=O) groups is 2. The molecule has 0 aliphatic rings. The number of unbranched alkanes of at least 4 members (excludes halogenated alkanes) is 10. The van der Waals surface area contributed by atoms with Gasteiger partial charge in [0, 0.05) is 12.8 Å². The summed E-state index contributed by atoms with van der Waals surface area (Å²) in [5.74, 6) is -1.02. The predicted molar refractivity (Wildman–Crippen MR) is 199 cm³/mol. The molecule has 0 radical (unpaired) electrons. The zero-order valence-corrected chi connectivity index (χ0v) is 31.1. The number of esters is 2. The molecule has 0 aromatic carbocycles. The molecule has 9 nitrogen and oxygen atoms in total. The maximum atomic E-state index is 12.3. The van der Waals surface area contributed by atoms with Gasteiger partial charge in [0.2, 0.25) is 0 Å². The lowest BCUT2D eigenvalue weighted by Crippen LogP contribution is -2.29. The summed E-state index contributed by atoms with van der Waals surface area (Å²) in [5.41, 5.74) is 0. The number of phosphoric ester groups is 1. The second-order valence-corrected chi connectivity index (χ2v) is 13.3. The molecule has 0 fully saturated rings. The number of rotatable bonds is 32. The van der Waals surface area contributed by atoms with Gasteiger partial charge in [0.05, 0.1) is 12.7 Å². The first-order valence-electron chi connectivity index (χ1n) is 18.3. The molecule has 0 bridgehead atoms. The number of hydrogen-bond donors (Lipinski definition) is 3. The normalized spacial score (nSPS) is 14.0. The standard InChI is InChI=1S/C39H65O9P/c1-3-5-7-9-11-12-13-18-21-25-29-33-39(42)48-37(35-47-49(43,44)45)34-46-38(41)32-28-24-20-17-15-14-16-19-23-27-31-36(40)30-26-22-10-8-6-4-2/h6,8,14-15,19-20,22-24,26-27,31,36-37,40H,3-5,7,9-13,16-18,21,25,28-30,32-35H2,1-2H3,(H2,43,44,45)/b8-6-,15-14-,23-19-,24-20-,26-22-,31-27+/t36?,37-/m1/s1. The molecule has 0 saturated carbocycles. The number of hydrogen-bond acceptors (Lipinski definition) is 7. The molecule has 0 aromatic heterocycles. The van der Waals surface area contributed by atoms with Crippen molar-refractivity contribution in [3.8, 4) is 0 Å². The first-order valence-corrected chi connectivity index (χ1v) is 19.9. The average Bonchev–Trinajstić information content (AvgIpc) is 3.06. The second-order valence-electron chi connectivity index (χ2n) is 12.0. The topological polar surface area (TPSA) is 140 Å². The highest BCUT2D eigenvalue weighted by Crippen LogP contribution is 2.35. The minimum absolute atomic E-state index is 0.117. The predicted octanol–water partition coefficient (Wildman–Crippen LogP) is 9.70. The molecular formula is C39H65O9P. The molecule has 2 atom stereocenters. The smallest absolute Gasteiger partial charge is 0.462 e. The summed E-state index contributed by atoms with van der Waals surface area (Å²) in [6, 6.07) is 0. The van der Waals surface area contributed by atoms with Crippen molar-refractivity contribution >= 4 is 19.8 Å². The van der Waals surface area contributed by atoms with Crippen molar-refractivity contribution < 1.29 is 43.0 Å². The number of carbonyl (C=O) groups excluding carboxylic acids is 2. The van der Waals surface area contributed by atoms with E-state index in [1.54, 1.807) is 6.08 Å². The highest BCUT2D eigenvalue weighted by Gasteiger charge is 2.22. The second kappa shape index (κ2) is 33.9. The highest BCUT2D eigenvalue weighted by atomic mass is 31.2. The lowest BCUT2D eigenvalue weighted by molar-refractivity contribution is -0.161. The molecule has 0 aliphatic carbocycles. The van der Waals surface area contributed by atoms with Crippen LogP contribution in [0.4, 0.5) is 0 Å². The van der Waals surface area contributed by atoms with E-state index in [9.17, 15) is 19.3 Å². The lowest BCUT2D eigenvalue weighted by Gasteiger charge is -2.18. The zero-order valence-electron chi connectivity index (χ0n) is 30.2. The van der Waals surface area contributed by atoms with Crippen molar-refractivity contribution in [2.45, 2.75) is 148 Å². The fraction of sp³-hybridized carbons (Fsp3) is 0.641. The van der Waals surface area contributed by atoms with Crippen molar-refractivity contribution in [3.63, 3.8) is 0 Å². The highest BCUT2D eigenvalue weighted by molar-refractivity contribution is 7.46. The van der Waals surface area contributed by atoms with Crippen LogP contribution >= 0.6 is 7.82 Å². The summed E-state index contributed by atoms with van der Waals surface area (Å²) in [4.78, 5) is 42.6. The van der Waals surface area contributed by atoms with Gasteiger partial charge >= 0.3 is 19.8 Å². The van der Waals surface area contributed by atoms with Crippen LogP contribution in [0.3, 0.4) is 0 Å². The van der Waals surface area contributed by atoms with Crippen LogP contribution < -0.4 is 0 Å². The largest absolute Gasteiger partial charge is 0.469 e. The Morgan fingerprint density at radius 2 is 1.22 bits per heavy atom. The zero-order chi connectivity index (χ0) is 36.3. The van der Waals surface area contributed by atoms with Crippen molar-refractivity contribution in [2.24, 2.45) is 0 Å². The summed E-state index contributed by atoms with van der Waals surface area (Å²) >= 11 is 0. The summed E-state index contributed by atoms with van der Waals surface area (Å²) in [7, 11) is -4.78. The molecule has 0 amide bonds. The Balaban J connectivity index is 4.19. The molecule has 0 rings (SSSR count). The third-order valence-corrected chi connectivity index (χ3v) is 7.82. The van der Waals surface area contributed by atoms with Crippen LogP contribution in [0.2, 0.25) is 0 Å². The fourth-order valence-electron chi connectivity index (χ4n) is 4.60. The van der Waals surface area contributed by atoms with E-state index in [-0.39, 0.29) is 19.4 Å². The van der Waals surface area contributed by atoms with E-state index < -0.39 is 38.6 Å². The Labute approximate surface area is 296 Å². The fourth-order valence-corrected chi connectivity index (χ4v) is 4.96. The van der Waals surface area contributed by atoms with Gasteiger partial charge in [-0.1, -0.05) is 151 Å². The van der Waals surface area contributed by atoms with E-state index >= 15 is 0 Å². The minimum atomic E-state index is -4.78. The molecular weight excluding hydrogens is 643 g/mol. The maximum absolute atomic E-state index is 12.3. The van der Waals surface area contributed by atoms with Crippen LogP contribution in [0, 0.1) is 0 Å². The molecule has 0 spiro atoms. The Bertz CT molecular complexity index is 1040. The molecule has 0 aliphatic heterocycles.